The molecule has 2 aromatic rings. The summed E-state index contributed by atoms with van der Waals surface area (Å²) in [4.78, 5) is 11.8. The molecule has 0 aromatic heterocycles. The predicted molar refractivity (Wildman–Crippen MR) is 104 cm³/mol. The standard InChI is InChI=1S/C18H14Cl2O4.C2H6/c19-15-2-1-3-16(20)14(15)10-23-13-6-4-11(5-7-13)17-12(8-21)9-24-18(17)22;1-2/h1-7,21H,8-10H2;1-2H3. The van der Waals surface area contributed by atoms with Crippen LogP contribution in [0.25, 0.3) is 5.57 Å². The zero-order valence-electron chi connectivity index (χ0n) is 14.6. The Morgan fingerprint density at radius 1 is 1.08 bits per heavy atom. The molecule has 0 atom stereocenters. The van der Waals surface area contributed by atoms with Crippen molar-refractivity contribution in [1.82, 2.24) is 0 Å². The molecule has 4 nitrogen and oxygen atoms in total. The van der Waals surface area contributed by atoms with E-state index in [2.05, 4.69) is 0 Å². The van der Waals surface area contributed by atoms with Crippen molar-refractivity contribution in [3.05, 3.63) is 69.2 Å². The summed E-state index contributed by atoms with van der Waals surface area (Å²) in [6, 6.07) is 12.3. The van der Waals surface area contributed by atoms with Crippen molar-refractivity contribution in [2.45, 2.75) is 20.5 Å². The van der Waals surface area contributed by atoms with Gasteiger partial charge in [-0.2, -0.15) is 0 Å². The first-order valence-corrected chi connectivity index (χ1v) is 9.02. The van der Waals surface area contributed by atoms with Crippen LogP contribution in [0.1, 0.15) is 25.0 Å². The van der Waals surface area contributed by atoms with Crippen molar-refractivity contribution >= 4 is 34.7 Å². The first-order chi connectivity index (χ1) is 12.6. The maximum atomic E-state index is 11.8. The Bertz CT molecular complexity index is 778. The van der Waals surface area contributed by atoms with Crippen molar-refractivity contribution in [1.29, 1.82) is 0 Å². The van der Waals surface area contributed by atoms with E-state index in [1.165, 1.54) is 0 Å². The largest absolute Gasteiger partial charge is 0.489 e. The third-order valence-corrected chi connectivity index (χ3v) is 4.42. The molecule has 0 fully saturated rings. The molecule has 0 unspecified atom stereocenters. The van der Waals surface area contributed by atoms with Crippen molar-refractivity contribution in [2.24, 2.45) is 0 Å². The number of hydrogen-bond donors (Lipinski definition) is 1. The highest BCUT2D eigenvalue weighted by Gasteiger charge is 2.25. The van der Waals surface area contributed by atoms with Crippen molar-refractivity contribution in [3.8, 4) is 5.75 Å². The number of carbonyl (C=O) groups is 1. The third-order valence-electron chi connectivity index (χ3n) is 3.71. The Morgan fingerprint density at radius 3 is 2.27 bits per heavy atom. The highest BCUT2D eigenvalue weighted by atomic mass is 35.5. The second-order valence-electron chi connectivity index (χ2n) is 5.23. The quantitative estimate of drug-likeness (QED) is 0.732. The van der Waals surface area contributed by atoms with Crippen molar-refractivity contribution in [3.63, 3.8) is 0 Å². The lowest BCUT2D eigenvalue weighted by Crippen LogP contribution is -2.00. The Morgan fingerprint density at radius 2 is 1.69 bits per heavy atom. The number of rotatable bonds is 5. The molecule has 1 N–H and O–H groups in total. The van der Waals surface area contributed by atoms with Gasteiger partial charge in [0.2, 0.25) is 0 Å². The molecule has 0 saturated carbocycles. The number of cyclic esters (lactones) is 1. The van der Waals surface area contributed by atoms with Gasteiger partial charge in [-0.1, -0.05) is 55.2 Å². The molecule has 0 aliphatic carbocycles. The molecule has 0 saturated heterocycles. The first kappa shape index (κ1) is 20.3. The fourth-order valence-electron chi connectivity index (χ4n) is 2.43. The zero-order chi connectivity index (χ0) is 19.1. The number of halogens is 2. The summed E-state index contributed by atoms with van der Waals surface area (Å²) in [5.41, 5.74) is 2.40. The molecule has 3 rings (SSSR count). The van der Waals surface area contributed by atoms with Gasteiger partial charge in [-0.05, 0) is 29.8 Å². The summed E-state index contributed by atoms with van der Waals surface area (Å²) in [7, 11) is 0. The van der Waals surface area contributed by atoms with Crippen LogP contribution in [-0.2, 0) is 16.1 Å². The van der Waals surface area contributed by atoms with Crippen molar-refractivity contribution < 1.29 is 19.4 Å². The maximum Gasteiger partial charge on any atom is 0.339 e. The Kier molecular flexibility index (Phi) is 7.51. The molecule has 26 heavy (non-hydrogen) atoms. The van der Waals surface area contributed by atoms with E-state index < -0.39 is 5.97 Å². The summed E-state index contributed by atoms with van der Waals surface area (Å²) in [5, 5.41) is 10.4. The van der Waals surface area contributed by atoms with Crippen LogP contribution < -0.4 is 4.74 Å². The molecule has 1 aliphatic heterocycles. The van der Waals surface area contributed by atoms with E-state index in [1.54, 1.807) is 42.5 Å². The monoisotopic (exact) mass is 394 g/mol. The van der Waals surface area contributed by atoms with Crippen LogP contribution in [0.4, 0.5) is 0 Å². The topological polar surface area (TPSA) is 55.8 Å². The summed E-state index contributed by atoms with van der Waals surface area (Å²) < 4.78 is 10.7. The molecule has 1 aliphatic rings. The fourth-order valence-corrected chi connectivity index (χ4v) is 2.94. The number of hydrogen-bond acceptors (Lipinski definition) is 4. The molecule has 0 spiro atoms. The average Bonchev–Trinajstić information content (AvgIpc) is 3.04. The van der Waals surface area contributed by atoms with E-state index >= 15 is 0 Å². The zero-order valence-corrected chi connectivity index (χ0v) is 16.1. The molecular weight excluding hydrogens is 375 g/mol. The van der Waals surface area contributed by atoms with Gasteiger partial charge in [0.15, 0.2) is 0 Å². The molecule has 138 valence electrons. The van der Waals surface area contributed by atoms with Gasteiger partial charge in [0.25, 0.3) is 0 Å². The van der Waals surface area contributed by atoms with E-state index in [-0.39, 0.29) is 19.8 Å². The minimum Gasteiger partial charge on any atom is -0.489 e. The maximum absolute atomic E-state index is 11.8. The van der Waals surface area contributed by atoms with Gasteiger partial charge in [0, 0.05) is 21.2 Å². The lowest BCUT2D eigenvalue weighted by molar-refractivity contribution is -0.134. The second-order valence-corrected chi connectivity index (χ2v) is 6.04. The highest BCUT2D eigenvalue weighted by molar-refractivity contribution is 6.35. The van der Waals surface area contributed by atoms with Crippen LogP contribution in [0.5, 0.6) is 5.75 Å². The van der Waals surface area contributed by atoms with Crippen LogP contribution >= 0.6 is 23.2 Å². The SMILES string of the molecule is CC.O=C1OCC(CO)=C1c1ccc(OCc2c(Cl)cccc2Cl)cc1. The van der Waals surface area contributed by atoms with Crippen molar-refractivity contribution in [2.75, 3.05) is 13.2 Å². The van der Waals surface area contributed by atoms with Crippen LogP contribution in [0.2, 0.25) is 10.0 Å². The second kappa shape index (κ2) is 9.62. The molecule has 0 bridgehead atoms. The molecule has 0 radical (unpaired) electrons. The summed E-state index contributed by atoms with van der Waals surface area (Å²) in [5.74, 6) is 0.197. The van der Waals surface area contributed by atoms with E-state index in [1.807, 2.05) is 13.8 Å². The number of carbonyl (C=O) groups excluding carboxylic acids is 1. The number of benzene rings is 2. The minimum atomic E-state index is -0.421. The average molecular weight is 395 g/mol. The molecular formula is C20H20Cl2O4. The van der Waals surface area contributed by atoms with Gasteiger partial charge >= 0.3 is 5.97 Å². The number of esters is 1. The molecule has 1 heterocycles. The lowest BCUT2D eigenvalue weighted by Gasteiger charge is -2.10. The summed E-state index contributed by atoms with van der Waals surface area (Å²) in [6.07, 6.45) is 0. The third kappa shape index (κ3) is 4.58. The van der Waals surface area contributed by atoms with Gasteiger partial charge in [-0.15, -0.1) is 0 Å². The number of ether oxygens (including phenoxy) is 2. The van der Waals surface area contributed by atoms with Gasteiger partial charge < -0.3 is 14.6 Å². The van der Waals surface area contributed by atoms with E-state index in [0.717, 1.165) is 5.56 Å². The normalized spacial score (nSPS) is 13.2. The number of aliphatic hydroxyl groups is 1. The van der Waals surface area contributed by atoms with Crippen LogP contribution in [0.15, 0.2) is 48.0 Å². The predicted octanol–water partition coefficient (Wildman–Crippen LogP) is 4.90. The number of aliphatic hydroxyl groups excluding tert-OH is 1. The fraction of sp³-hybridized carbons (Fsp3) is 0.250. The molecule has 2 aromatic carbocycles. The highest BCUT2D eigenvalue weighted by Crippen LogP contribution is 2.29. The molecule has 6 heteroatoms. The summed E-state index contributed by atoms with van der Waals surface area (Å²) in [6.45, 7) is 4.17. The van der Waals surface area contributed by atoms with E-state index in [9.17, 15) is 9.90 Å². The van der Waals surface area contributed by atoms with Gasteiger partial charge in [0.05, 0.1) is 12.2 Å². The van der Waals surface area contributed by atoms with Gasteiger partial charge in [-0.25, -0.2) is 4.79 Å². The summed E-state index contributed by atoms with van der Waals surface area (Å²) >= 11 is 12.2. The smallest absolute Gasteiger partial charge is 0.339 e. The minimum absolute atomic E-state index is 0.133. The Labute approximate surface area is 163 Å². The van der Waals surface area contributed by atoms with Gasteiger partial charge in [0.1, 0.15) is 19.0 Å². The first-order valence-electron chi connectivity index (χ1n) is 8.26. The Balaban J connectivity index is 0.00000117. The van der Waals surface area contributed by atoms with Crippen LogP contribution in [-0.4, -0.2) is 24.3 Å². The van der Waals surface area contributed by atoms with E-state index in [0.29, 0.717) is 32.5 Å². The van der Waals surface area contributed by atoms with Gasteiger partial charge in [-0.3, -0.25) is 0 Å². The van der Waals surface area contributed by atoms with Crippen LogP contribution in [0.3, 0.4) is 0 Å². The van der Waals surface area contributed by atoms with Crippen LogP contribution in [0, 0.1) is 0 Å². The lowest BCUT2D eigenvalue weighted by atomic mass is 10.0. The Hall–Kier alpha value is -2.01. The van der Waals surface area contributed by atoms with E-state index in [4.69, 9.17) is 32.7 Å². The molecule has 0 amide bonds.